The molecule has 0 amide bonds. The van der Waals surface area contributed by atoms with Gasteiger partial charge in [0.25, 0.3) is 5.89 Å². The minimum atomic E-state index is 0.446. The summed E-state index contributed by atoms with van der Waals surface area (Å²) in [6.07, 6.45) is 1.12. The summed E-state index contributed by atoms with van der Waals surface area (Å²) in [7, 11) is 0. The van der Waals surface area contributed by atoms with Crippen LogP contribution < -0.4 is 5.32 Å². The Morgan fingerprint density at radius 3 is 2.96 bits per heavy atom. The van der Waals surface area contributed by atoms with Crippen LogP contribution in [0.3, 0.4) is 0 Å². The zero-order valence-electron chi connectivity index (χ0n) is 15.7. The van der Waals surface area contributed by atoms with E-state index >= 15 is 0 Å². The Morgan fingerprint density at radius 2 is 2.11 bits per heavy atom. The van der Waals surface area contributed by atoms with E-state index in [1.54, 1.807) is 0 Å². The molecule has 0 radical (unpaired) electrons. The summed E-state index contributed by atoms with van der Waals surface area (Å²) in [6.45, 7) is 6.47. The molecule has 2 aliphatic rings. The fraction of sp³-hybridized carbons (Fsp3) is 0.450. The third-order valence-electron chi connectivity index (χ3n) is 5.44. The molecule has 0 bridgehead atoms. The first-order chi connectivity index (χ1) is 13.8. The number of ether oxygens (including phenoxy) is 1. The van der Waals surface area contributed by atoms with Crippen LogP contribution in [0, 0.1) is 0 Å². The van der Waals surface area contributed by atoms with E-state index < -0.39 is 0 Å². The lowest BCUT2D eigenvalue weighted by molar-refractivity contribution is 0.0342. The number of nitrogens with one attached hydrogen (secondary N) is 2. The summed E-state index contributed by atoms with van der Waals surface area (Å²) in [4.78, 5) is 6.97. The molecule has 3 aromatic rings. The van der Waals surface area contributed by atoms with Gasteiger partial charge >= 0.3 is 0 Å². The fourth-order valence-electron chi connectivity index (χ4n) is 3.85. The van der Waals surface area contributed by atoms with Crippen molar-refractivity contribution >= 4 is 0 Å². The molecule has 8 nitrogen and oxygen atoms in total. The standard InChI is InChI=1S/C20H24N6O2/c1-2-14(13-26-6-8-27-9-7-26)10-15(3-1)19-22-20(28-25-19)18-11-17(23-24-18)16-4-5-21-12-16/h1-3,10-11,16,21H,4-9,12-13H2,(H,23,24). The van der Waals surface area contributed by atoms with Gasteiger partial charge in [0, 0.05) is 43.4 Å². The van der Waals surface area contributed by atoms with E-state index in [4.69, 9.17) is 9.26 Å². The predicted molar refractivity (Wildman–Crippen MR) is 104 cm³/mol. The van der Waals surface area contributed by atoms with E-state index in [0.717, 1.165) is 63.6 Å². The van der Waals surface area contributed by atoms with Gasteiger partial charge in [-0.2, -0.15) is 10.1 Å². The first kappa shape index (κ1) is 17.5. The number of hydrogen-bond donors (Lipinski definition) is 2. The normalized spacial score (nSPS) is 20.6. The van der Waals surface area contributed by atoms with Gasteiger partial charge in [-0.05, 0) is 30.7 Å². The van der Waals surface area contributed by atoms with Crippen LogP contribution in [-0.4, -0.2) is 64.6 Å². The lowest BCUT2D eigenvalue weighted by Crippen LogP contribution is -2.35. The molecule has 0 spiro atoms. The molecular weight excluding hydrogens is 356 g/mol. The van der Waals surface area contributed by atoms with Crippen LogP contribution in [0.1, 0.15) is 23.6 Å². The minimum Gasteiger partial charge on any atom is -0.379 e. The SMILES string of the molecule is c1cc(CN2CCOCC2)cc(-c2noc(-c3cc(C4CCNC4)[nH]n3)n2)c1. The van der Waals surface area contributed by atoms with Crippen LogP contribution in [0.4, 0.5) is 0 Å². The Bertz CT molecular complexity index is 924. The topological polar surface area (TPSA) is 92.1 Å². The molecule has 146 valence electrons. The van der Waals surface area contributed by atoms with Gasteiger partial charge in [0.2, 0.25) is 5.82 Å². The molecule has 2 saturated heterocycles. The molecule has 4 heterocycles. The average molecular weight is 380 g/mol. The van der Waals surface area contributed by atoms with Gasteiger partial charge in [-0.25, -0.2) is 0 Å². The highest BCUT2D eigenvalue weighted by molar-refractivity contribution is 5.58. The number of H-pyrrole nitrogens is 1. The maximum Gasteiger partial charge on any atom is 0.278 e. The molecule has 2 N–H and O–H groups in total. The van der Waals surface area contributed by atoms with Crippen LogP contribution in [0.2, 0.25) is 0 Å². The first-order valence-corrected chi connectivity index (χ1v) is 9.85. The van der Waals surface area contributed by atoms with Crippen molar-refractivity contribution in [2.45, 2.75) is 18.9 Å². The number of nitrogens with zero attached hydrogens (tertiary/aromatic N) is 4. The summed E-state index contributed by atoms with van der Waals surface area (Å²) in [5.41, 5.74) is 4.01. The van der Waals surface area contributed by atoms with Crippen LogP contribution in [0.5, 0.6) is 0 Å². The number of hydrogen-bond acceptors (Lipinski definition) is 7. The van der Waals surface area contributed by atoms with E-state index in [9.17, 15) is 0 Å². The zero-order chi connectivity index (χ0) is 18.8. The molecule has 5 rings (SSSR count). The van der Waals surface area contributed by atoms with E-state index in [2.05, 4.69) is 42.7 Å². The number of rotatable bonds is 5. The maximum absolute atomic E-state index is 5.48. The second-order valence-corrected chi connectivity index (χ2v) is 7.41. The summed E-state index contributed by atoms with van der Waals surface area (Å²) in [5, 5.41) is 15.0. The summed E-state index contributed by atoms with van der Waals surface area (Å²) in [5.74, 6) is 1.51. The molecule has 1 unspecified atom stereocenters. The van der Waals surface area contributed by atoms with Gasteiger partial charge in [-0.15, -0.1) is 0 Å². The molecule has 28 heavy (non-hydrogen) atoms. The molecular formula is C20H24N6O2. The van der Waals surface area contributed by atoms with E-state index in [0.29, 0.717) is 23.3 Å². The summed E-state index contributed by atoms with van der Waals surface area (Å²) >= 11 is 0. The predicted octanol–water partition coefficient (Wildman–Crippen LogP) is 2.04. The van der Waals surface area contributed by atoms with Crippen LogP contribution in [0.15, 0.2) is 34.9 Å². The second kappa shape index (κ2) is 7.83. The fourth-order valence-corrected chi connectivity index (χ4v) is 3.85. The number of aromatic amines is 1. The molecule has 2 fully saturated rings. The van der Waals surface area contributed by atoms with Crippen molar-refractivity contribution in [3.8, 4) is 23.0 Å². The Labute approximate surface area is 163 Å². The number of benzene rings is 1. The minimum absolute atomic E-state index is 0.446. The number of morpholine rings is 1. The van der Waals surface area contributed by atoms with Crippen LogP contribution >= 0.6 is 0 Å². The first-order valence-electron chi connectivity index (χ1n) is 9.85. The Morgan fingerprint density at radius 1 is 1.18 bits per heavy atom. The van der Waals surface area contributed by atoms with E-state index in [-0.39, 0.29) is 0 Å². The van der Waals surface area contributed by atoms with Gasteiger partial charge in [0.1, 0.15) is 0 Å². The molecule has 1 aromatic carbocycles. The van der Waals surface area contributed by atoms with Crippen molar-refractivity contribution in [2.75, 3.05) is 39.4 Å². The van der Waals surface area contributed by atoms with Gasteiger partial charge < -0.3 is 14.6 Å². The highest BCUT2D eigenvalue weighted by Crippen LogP contribution is 2.26. The lowest BCUT2D eigenvalue weighted by atomic mass is 10.1. The third kappa shape index (κ3) is 3.71. The van der Waals surface area contributed by atoms with E-state index in [1.807, 2.05) is 18.2 Å². The monoisotopic (exact) mass is 380 g/mol. The second-order valence-electron chi connectivity index (χ2n) is 7.41. The Hall–Kier alpha value is -2.55. The molecule has 2 aromatic heterocycles. The van der Waals surface area contributed by atoms with Gasteiger partial charge in [0.15, 0.2) is 5.69 Å². The maximum atomic E-state index is 5.48. The van der Waals surface area contributed by atoms with Crippen molar-refractivity contribution in [3.63, 3.8) is 0 Å². The number of aromatic nitrogens is 4. The van der Waals surface area contributed by atoms with Crippen LogP contribution in [-0.2, 0) is 11.3 Å². The molecule has 0 saturated carbocycles. The largest absolute Gasteiger partial charge is 0.379 e. The van der Waals surface area contributed by atoms with Gasteiger partial charge in [-0.3, -0.25) is 10.00 Å². The highest BCUT2D eigenvalue weighted by Gasteiger charge is 2.21. The van der Waals surface area contributed by atoms with Crippen molar-refractivity contribution in [3.05, 3.63) is 41.6 Å². The molecule has 1 atom stereocenters. The van der Waals surface area contributed by atoms with Gasteiger partial charge in [0.05, 0.1) is 13.2 Å². The molecule has 0 aliphatic carbocycles. The smallest absolute Gasteiger partial charge is 0.278 e. The summed E-state index contributed by atoms with van der Waals surface area (Å²) < 4.78 is 10.9. The molecule has 2 aliphatic heterocycles. The average Bonchev–Trinajstić information content (AvgIpc) is 3.49. The van der Waals surface area contributed by atoms with Crippen molar-refractivity contribution in [1.82, 2.24) is 30.6 Å². The third-order valence-corrected chi connectivity index (χ3v) is 5.44. The lowest BCUT2D eigenvalue weighted by Gasteiger charge is -2.26. The van der Waals surface area contributed by atoms with Crippen molar-refractivity contribution in [1.29, 1.82) is 0 Å². The van der Waals surface area contributed by atoms with Gasteiger partial charge in [-0.1, -0.05) is 23.4 Å². The Kier molecular flexibility index (Phi) is 4.90. The highest BCUT2D eigenvalue weighted by atomic mass is 16.5. The van der Waals surface area contributed by atoms with Crippen LogP contribution in [0.25, 0.3) is 23.0 Å². The van der Waals surface area contributed by atoms with Crippen molar-refractivity contribution in [2.24, 2.45) is 0 Å². The zero-order valence-corrected chi connectivity index (χ0v) is 15.7. The summed E-state index contributed by atoms with van der Waals surface area (Å²) in [6, 6.07) is 10.3. The quantitative estimate of drug-likeness (QED) is 0.700. The van der Waals surface area contributed by atoms with Crippen molar-refractivity contribution < 1.29 is 9.26 Å². The Balaban J connectivity index is 1.32. The molecule has 8 heteroatoms. The van der Waals surface area contributed by atoms with E-state index in [1.165, 1.54) is 5.56 Å².